The van der Waals surface area contributed by atoms with E-state index in [1.807, 2.05) is 19.3 Å². The lowest BCUT2D eigenvalue weighted by Gasteiger charge is -2.22. The first kappa shape index (κ1) is 21.3. The molecule has 2 aromatic rings. The summed E-state index contributed by atoms with van der Waals surface area (Å²) in [5.41, 5.74) is 3.23. The van der Waals surface area contributed by atoms with Gasteiger partial charge in [0.15, 0.2) is 0 Å². The summed E-state index contributed by atoms with van der Waals surface area (Å²) in [4.78, 5) is 8.84. The molecule has 0 spiro atoms. The minimum Gasteiger partial charge on any atom is -0.282 e. The molecule has 0 aliphatic carbocycles. The Balaban J connectivity index is 0.000000257. The normalized spacial score (nSPS) is 12.3. The molecular formula is C19H28N2O3S. The Morgan fingerprint density at radius 3 is 1.56 bits per heavy atom. The third-order valence-electron chi connectivity index (χ3n) is 3.49. The number of aryl methyl sites for hydroxylation is 1. The molecule has 0 bridgehead atoms. The lowest BCUT2D eigenvalue weighted by Crippen LogP contribution is -2.20. The van der Waals surface area contributed by atoms with E-state index in [0.717, 1.165) is 17.0 Å². The lowest BCUT2D eigenvalue weighted by atomic mass is 9.89. The van der Waals surface area contributed by atoms with E-state index in [4.69, 9.17) is 4.55 Å². The second kappa shape index (κ2) is 7.62. The second-order valence-electron chi connectivity index (χ2n) is 8.08. The molecule has 0 unspecified atom stereocenters. The predicted molar refractivity (Wildman–Crippen MR) is 100 cm³/mol. The highest BCUT2D eigenvalue weighted by molar-refractivity contribution is 7.85. The largest absolute Gasteiger partial charge is 0.294 e. The molecule has 0 aliphatic rings. The van der Waals surface area contributed by atoms with Crippen LogP contribution in [0.15, 0.2) is 41.6 Å². The van der Waals surface area contributed by atoms with Crippen LogP contribution < -0.4 is 0 Å². The van der Waals surface area contributed by atoms with E-state index < -0.39 is 10.1 Å². The van der Waals surface area contributed by atoms with Gasteiger partial charge >= 0.3 is 0 Å². The molecule has 1 aromatic carbocycles. The van der Waals surface area contributed by atoms with Gasteiger partial charge in [0.1, 0.15) is 0 Å². The van der Waals surface area contributed by atoms with E-state index in [1.54, 1.807) is 12.1 Å². The summed E-state index contributed by atoms with van der Waals surface area (Å²) in [7, 11) is -4.02. The zero-order valence-electron chi connectivity index (χ0n) is 16.0. The van der Waals surface area contributed by atoms with Crippen molar-refractivity contribution in [1.29, 1.82) is 0 Å². The van der Waals surface area contributed by atoms with Gasteiger partial charge in [0.25, 0.3) is 10.1 Å². The van der Waals surface area contributed by atoms with Gasteiger partial charge in [-0.1, -0.05) is 59.2 Å². The standard InChI is InChI=1S/C12H20N2.C7H8O3S/c1-11(2,3)9-7-13-8-10(14-9)12(4,5)6;1-6-2-4-7(5-3-6)11(8,9)10/h7-8H,1-6H3;2-5H,1H3,(H,8,9,10). The van der Waals surface area contributed by atoms with Crippen LogP contribution in [0.5, 0.6) is 0 Å². The van der Waals surface area contributed by atoms with Crippen molar-refractivity contribution in [2.45, 2.75) is 64.2 Å². The van der Waals surface area contributed by atoms with Crippen LogP contribution in [0.1, 0.15) is 58.5 Å². The van der Waals surface area contributed by atoms with Crippen LogP contribution in [0.4, 0.5) is 0 Å². The highest BCUT2D eigenvalue weighted by atomic mass is 32.2. The fourth-order valence-corrected chi connectivity index (χ4v) is 2.28. The first-order valence-corrected chi connectivity index (χ1v) is 9.52. The summed E-state index contributed by atoms with van der Waals surface area (Å²) in [5.74, 6) is 0. The molecule has 2 rings (SSSR count). The van der Waals surface area contributed by atoms with Gasteiger partial charge in [-0.2, -0.15) is 8.42 Å². The fraction of sp³-hybridized carbons (Fsp3) is 0.474. The van der Waals surface area contributed by atoms with Crippen LogP contribution in [-0.2, 0) is 20.9 Å². The molecule has 1 aromatic heterocycles. The summed E-state index contributed by atoms with van der Waals surface area (Å²) in [6, 6.07) is 5.99. The molecule has 0 aliphatic heterocycles. The van der Waals surface area contributed by atoms with Gasteiger partial charge in [-0.15, -0.1) is 0 Å². The number of benzene rings is 1. The Morgan fingerprint density at radius 2 is 1.24 bits per heavy atom. The lowest BCUT2D eigenvalue weighted by molar-refractivity contribution is 0.483. The molecule has 0 fully saturated rings. The van der Waals surface area contributed by atoms with Crippen LogP contribution in [0.25, 0.3) is 0 Å². The first-order chi connectivity index (χ1) is 11.2. The average Bonchev–Trinajstić information content (AvgIpc) is 2.46. The number of aromatic nitrogens is 2. The van der Waals surface area contributed by atoms with Crippen molar-refractivity contribution in [3.05, 3.63) is 53.6 Å². The van der Waals surface area contributed by atoms with E-state index in [2.05, 4.69) is 51.5 Å². The van der Waals surface area contributed by atoms with Crippen molar-refractivity contribution < 1.29 is 13.0 Å². The topological polar surface area (TPSA) is 80.2 Å². The quantitative estimate of drug-likeness (QED) is 0.763. The number of hydrogen-bond acceptors (Lipinski definition) is 4. The maximum Gasteiger partial charge on any atom is 0.294 e. The maximum atomic E-state index is 10.5. The molecule has 6 heteroatoms. The van der Waals surface area contributed by atoms with Crippen molar-refractivity contribution in [2.75, 3.05) is 0 Å². The Hall–Kier alpha value is -1.79. The predicted octanol–water partition coefficient (Wildman–Crippen LogP) is 4.31. The van der Waals surface area contributed by atoms with Gasteiger partial charge < -0.3 is 0 Å². The molecule has 1 heterocycles. The number of rotatable bonds is 1. The Bertz CT molecular complexity index is 771. The SMILES string of the molecule is CC(C)(C)c1cncc(C(C)(C)C)n1.Cc1ccc(S(=O)(=O)O)cc1. The van der Waals surface area contributed by atoms with E-state index >= 15 is 0 Å². The van der Waals surface area contributed by atoms with Gasteiger partial charge in [-0.05, 0) is 19.1 Å². The monoisotopic (exact) mass is 364 g/mol. The Labute approximate surface area is 151 Å². The van der Waals surface area contributed by atoms with Gasteiger partial charge in [0.2, 0.25) is 0 Å². The van der Waals surface area contributed by atoms with Crippen molar-refractivity contribution >= 4 is 10.1 Å². The first-order valence-electron chi connectivity index (χ1n) is 8.08. The van der Waals surface area contributed by atoms with Crippen LogP contribution in [0, 0.1) is 6.92 Å². The molecule has 0 radical (unpaired) electrons. The smallest absolute Gasteiger partial charge is 0.282 e. The maximum absolute atomic E-state index is 10.5. The minimum atomic E-state index is -4.02. The number of hydrogen-bond donors (Lipinski definition) is 1. The third kappa shape index (κ3) is 6.92. The zero-order valence-corrected chi connectivity index (χ0v) is 16.8. The van der Waals surface area contributed by atoms with Crippen LogP contribution in [0.2, 0.25) is 0 Å². The van der Waals surface area contributed by atoms with Crippen LogP contribution in [0.3, 0.4) is 0 Å². The fourth-order valence-electron chi connectivity index (χ4n) is 1.80. The molecule has 0 amide bonds. The van der Waals surface area contributed by atoms with Crippen molar-refractivity contribution in [1.82, 2.24) is 9.97 Å². The van der Waals surface area contributed by atoms with Gasteiger partial charge in [0, 0.05) is 23.2 Å². The highest BCUT2D eigenvalue weighted by Crippen LogP contribution is 2.24. The molecular weight excluding hydrogens is 336 g/mol. The summed E-state index contributed by atoms with van der Waals surface area (Å²) in [6.07, 6.45) is 3.71. The van der Waals surface area contributed by atoms with Crippen LogP contribution >= 0.6 is 0 Å². The Morgan fingerprint density at radius 1 is 0.840 bits per heavy atom. The summed E-state index contributed by atoms with van der Waals surface area (Å²) in [5, 5.41) is 0. The van der Waals surface area contributed by atoms with Gasteiger partial charge in [-0.25, -0.2) is 0 Å². The third-order valence-corrected chi connectivity index (χ3v) is 4.36. The minimum absolute atomic E-state index is 0.0666. The van der Waals surface area contributed by atoms with E-state index in [0.29, 0.717) is 0 Å². The van der Waals surface area contributed by atoms with E-state index in [-0.39, 0.29) is 15.7 Å². The molecule has 0 saturated carbocycles. The average molecular weight is 365 g/mol. The summed E-state index contributed by atoms with van der Waals surface area (Å²) in [6.45, 7) is 14.8. The molecule has 138 valence electrons. The van der Waals surface area contributed by atoms with Crippen molar-refractivity contribution in [3.63, 3.8) is 0 Å². The van der Waals surface area contributed by atoms with Crippen molar-refractivity contribution in [2.24, 2.45) is 0 Å². The molecule has 25 heavy (non-hydrogen) atoms. The number of nitrogens with zero attached hydrogens (tertiary/aromatic N) is 2. The molecule has 0 atom stereocenters. The van der Waals surface area contributed by atoms with Crippen molar-refractivity contribution in [3.8, 4) is 0 Å². The Kier molecular flexibility index (Phi) is 6.48. The molecule has 1 N–H and O–H groups in total. The van der Waals surface area contributed by atoms with E-state index in [9.17, 15) is 8.42 Å². The molecule has 0 saturated heterocycles. The highest BCUT2D eigenvalue weighted by Gasteiger charge is 2.20. The summed E-state index contributed by atoms with van der Waals surface area (Å²) >= 11 is 0. The zero-order chi connectivity index (χ0) is 19.5. The van der Waals surface area contributed by atoms with Gasteiger partial charge in [-0.3, -0.25) is 14.5 Å². The van der Waals surface area contributed by atoms with Crippen LogP contribution in [-0.4, -0.2) is 22.9 Å². The second-order valence-corrected chi connectivity index (χ2v) is 9.50. The summed E-state index contributed by atoms with van der Waals surface area (Å²) < 4.78 is 29.6. The van der Waals surface area contributed by atoms with E-state index in [1.165, 1.54) is 12.1 Å². The van der Waals surface area contributed by atoms with Gasteiger partial charge in [0.05, 0.1) is 16.3 Å². The molecule has 5 nitrogen and oxygen atoms in total.